The van der Waals surface area contributed by atoms with Crippen LogP contribution in [-0.2, 0) is 5.41 Å². The Labute approximate surface area is 307 Å². The fraction of sp³-hybridized carbons (Fsp3) is 0.0200. The molecule has 0 radical (unpaired) electrons. The Hall–Kier alpha value is -6.97. The Balaban J connectivity index is 1.07. The predicted molar refractivity (Wildman–Crippen MR) is 218 cm³/mol. The third kappa shape index (κ3) is 4.25. The summed E-state index contributed by atoms with van der Waals surface area (Å²) in [6, 6.07) is 72.7. The predicted octanol–water partition coefficient (Wildman–Crippen LogP) is 12.2. The second kappa shape index (κ2) is 11.5. The van der Waals surface area contributed by atoms with Crippen LogP contribution < -0.4 is 0 Å². The SMILES string of the molecule is c1ccc(-n2c(-c3ccc(-c4ccc(C5(c6ccccc6)c6ccccc6-n6c7ccccc7c7cccc5c76)cc4)cc3)nc3ccccc32)cc1. The first-order valence-corrected chi connectivity index (χ1v) is 18.2. The van der Waals surface area contributed by atoms with Crippen molar-refractivity contribution in [2.45, 2.75) is 5.41 Å². The van der Waals surface area contributed by atoms with Crippen LogP contribution in [0.3, 0.4) is 0 Å². The number of fused-ring (bicyclic) bond motifs is 6. The molecule has 3 nitrogen and oxygen atoms in total. The van der Waals surface area contributed by atoms with E-state index >= 15 is 0 Å². The molecule has 0 bridgehead atoms. The molecule has 3 heteroatoms. The van der Waals surface area contributed by atoms with Crippen LogP contribution in [-0.4, -0.2) is 14.1 Å². The lowest BCUT2D eigenvalue weighted by molar-refractivity contribution is 0.728. The number of imidazole rings is 1. The molecule has 1 aliphatic rings. The summed E-state index contributed by atoms with van der Waals surface area (Å²) >= 11 is 0. The molecule has 0 spiro atoms. The van der Waals surface area contributed by atoms with Crippen LogP contribution in [0.5, 0.6) is 0 Å². The second-order valence-corrected chi connectivity index (χ2v) is 13.9. The smallest absolute Gasteiger partial charge is 0.145 e. The first-order chi connectivity index (χ1) is 26.3. The van der Waals surface area contributed by atoms with Crippen LogP contribution >= 0.6 is 0 Å². The average molecular weight is 676 g/mol. The Morgan fingerprint density at radius 3 is 1.74 bits per heavy atom. The highest BCUT2D eigenvalue weighted by Crippen LogP contribution is 2.54. The Kier molecular flexibility index (Phi) is 6.47. The molecule has 11 rings (SSSR count). The van der Waals surface area contributed by atoms with Gasteiger partial charge in [-0.2, -0.15) is 0 Å². The van der Waals surface area contributed by atoms with Crippen molar-refractivity contribution in [1.29, 1.82) is 0 Å². The summed E-state index contributed by atoms with van der Waals surface area (Å²) in [6.45, 7) is 0. The van der Waals surface area contributed by atoms with E-state index in [1.807, 2.05) is 0 Å². The molecule has 2 aromatic heterocycles. The van der Waals surface area contributed by atoms with Gasteiger partial charge in [0.2, 0.25) is 0 Å². The molecule has 0 amide bonds. The van der Waals surface area contributed by atoms with E-state index in [0.717, 1.165) is 28.1 Å². The zero-order chi connectivity index (χ0) is 34.9. The van der Waals surface area contributed by atoms with Gasteiger partial charge in [-0.15, -0.1) is 0 Å². The number of benzene rings is 8. The van der Waals surface area contributed by atoms with Gasteiger partial charge in [-0.1, -0.05) is 164 Å². The molecule has 248 valence electrons. The highest BCUT2D eigenvalue weighted by Gasteiger charge is 2.45. The van der Waals surface area contributed by atoms with Gasteiger partial charge in [0.05, 0.1) is 33.2 Å². The van der Waals surface area contributed by atoms with Crippen LogP contribution in [0.4, 0.5) is 0 Å². The number of aromatic nitrogens is 3. The molecule has 8 aromatic carbocycles. The van der Waals surface area contributed by atoms with Gasteiger partial charge in [0.25, 0.3) is 0 Å². The van der Waals surface area contributed by atoms with E-state index < -0.39 is 5.41 Å². The lowest BCUT2D eigenvalue weighted by Gasteiger charge is -2.41. The fourth-order valence-electron chi connectivity index (χ4n) is 8.96. The summed E-state index contributed by atoms with van der Waals surface area (Å²) < 4.78 is 4.74. The van der Waals surface area contributed by atoms with Crippen LogP contribution in [0, 0.1) is 0 Å². The van der Waals surface area contributed by atoms with E-state index in [1.54, 1.807) is 0 Å². The lowest BCUT2D eigenvalue weighted by atomic mass is 9.63. The second-order valence-electron chi connectivity index (χ2n) is 13.9. The highest BCUT2D eigenvalue weighted by molar-refractivity contribution is 6.12. The zero-order valence-electron chi connectivity index (χ0n) is 28.9. The van der Waals surface area contributed by atoms with Crippen molar-refractivity contribution in [3.05, 3.63) is 222 Å². The Morgan fingerprint density at radius 1 is 0.377 bits per heavy atom. The molecule has 53 heavy (non-hydrogen) atoms. The van der Waals surface area contributed by atoms with Crippen LogP contribution in [0.1, 0.15) is 22.3 Å². The summed E-state index contributed by atoms with van der Waals surface area (Å²) in [5, 5.41) is 2.56. The van der Waals surface area contributed by atoms with Gasteiger partial charge in [-0.25, -0.2) is 4.98 Å². The molecule has 0 aliphatic carbocycles. The van der Waals surface area contributed by atoms with E-state index in [0.29, 0.717) is 0 Å². The molecular weight excluding hydrogens is 643 g/mol. The van der Waals surface area contributed by atoms with E-state index in [2.05, 4.69) is 209 Å². The van der Waals surface area contributed by atoms with Gasteiger partial charge in [0.15, 0.2) is 0 Å². The van der Waals surface area contributed by atoms with Crippen molar-refractivity contribution in [3.8, 4) is 33.9 Å². The Bertz CT molecular complexity index is 2970. The van der Waals surface area contributed by atoms with Crippen molar-refractivity contribution in [2.24, 2.45) is 0 Å². The summed E-state index contributed by atoms with van der Waals surface area (Å²) in [5.74, 6) is 0.937. The maximum Gasteiger partial charge on any atom is 0.145 e. The quantitative estimate of drug-likeness (QED) is 0.178. The minimum atomic E-state index is -0.513. The summed E-state index contributed by atoms with van der Waals surface area (Å²) in [4.78, 5) is 5.09. The average Bonchev–Trinajstić information content (AvgIpc) is 3.80. The van der Waals surface area contributed by atoms with Crippen molar-refractivity contribution < 1.29 is 0 Å². The lowest BCUT2D eigenvalue weighted by Crippen LogP contribution is -2.35. The van der Waals surface area contributed by atoms with Crippen LogP contribution in [0.25, 0.3) is 66.7 Å². The van der Waals surface area contributed by atoms with Crippen molar-refractivity contribution in [2.75, 3.05) is 0 Å². The van der Waals surface area contributed by atoms with Gasteiger partial charge >= 0.3 is 0 Å². The maximum absolute atomic E-state index is 5.09. The standard InChI is InChI=1S/C50H33N3/c1-3-14-37(15-4-1)50(42-20-8-11-24-46(42)53-45-23-10-7-18-40(45)41-19-13-21-43(50)48(41)53)38-32-30-35(31-33-38)34-26-28-36(29-27-34)49-51-44-22-9-12-25-47(44)52(49)39-16-5-2-6-17-39/h1-33H. The molecule has 1 atom stereocenters. The number of para-hydroxylation sites is 6. The van der Waals surface area contributed by atoms with Gasteiger partial charge < -0.3 is 4.57 Å². The normalized spacial score (nSPS) is 14.9. The molecule has 0 saturated carbocycles. The van der Waals surface area contributed by atoms with Gasteiger partial charge in [0.1, 0.15) is 5.82 Å². The number of rotatable bonds is 5. The van der Waals surface area contributed by atoms with Gasteiger partial charge in [0, 0.05) is 22.0 Å². The number of hydrogen-bond acceptors (Lipinski definition) is 1. The number of hydrogen-bond donors (Lipinski definition) is 0. The number of nitrogens with zero attached hydrogens (tertiary/aromatic N) is 3. The molecule has 3 heterocycles. The minimum Gasteiger partial charge on any atom is -0.309 e. The zero-order valence-corrected chi connectivity index (χ0v) is 28.9. The summed E-state index contributed by atoms with van der Waals surface area (Å²) in [6.07, 6.45) is 0. The molecule has 0 N–H and O–H groups in total. The third-order valence-electron chi connectivity index (χ3n) is 11.2. The van der Waals surface area contributed by atoms with Crippen molar-refractivity contribution in [3.63, 3.8) is 0 Å². The monoisotopic (exact) mass is 675 g/mol. The van der Waals surface area contributed by atoms with Crippen LogP contribution in [0.15, 0.2) is 200 Å². The van der Waals surface area contributed by atoms with Crippen LogP contribution in [0.2, 0.25) is 0 Å². The summed E-state index contributed by atoms with van der Waals surface area (Å²) in [5.41, 5.74) is 14.9. The molecule has 0 fully saturated rings. The molecule has 1 unspecified atom stereocenters. The highest BCUT2D eigenvalue weighted by atomic mass is 15.1. The Morgan fingerprint density at radius 2 is 0.943 bits per heavy atom. The van der Waals surface area contributed by atoms with E-state index in [-0.39, 0.29) is 0 Å². The third-order valence-corrected chi connectivity index (χ3v) is 11.2. The first kappa shape index (κ1) is 29.7. The topological polar surface area (TPSA) is 22.8 Å². The van der Waals surface area contributed by atoms with Gasteiger partial charge in [-0.05, 0) is 69.8 Å². The fourth-order valence-corrected chi connectivity index (χ4v) is 8.96. The maximum atomic E-state index is 5.09. The van der Waals surface area contributed by atoms with Crippen molar-refractivity contribution in [1.82, 2.24) is 14.1 Å². The first-order valence-electron chi connectivity index (χ1n) is 18.2. The van der Waals surface area contributed by atoms with E-state index in [9.17, 15) is 0 Å². The summed E-state index contributed by atoms with van der Waals surface area (Å²) in [7, 11) is 0. The van der Waals surface area contributed by atoms with E-state index in [4.69, 9.17) is 4.98 Å². The minimum absolute atomic E-state index is 0.513. The van der Waals surface area contributed by atoms with E-state index in [1.165, 1.54) is 60.9 Å². The van der Waals surface area contributed by atoms with Crippen molar-refractivity contribution >= 4 is 32.8 Å². The molecular formula is C50H33N3. The molecule has 1 aliphatic heterocycles. The molecule has 0 saturated heterocycles. The van der Waals surface area contributed by atoms with Gasteiger partial charge in [-0.3, -0.25) is 4.57 Å². The molecule has 10 aromatic rings. The largest absolute Gasteiger partial charge is 0.309 e.